The molecule has 118 valence electrons. The third kappa shape index (κ3) is 6.60. The van der Waals surface area contributed by atoms with E-state index in [9.17, 15) is 0 Å². The molecular weight excluding hydrogens is 258 g/mol. The van der Waals surface area contributed by atoms with Gasteiger partial charge in [-0.1, -0.05) is 30.3 Å². The summed E-state index contributed by atoms with van der Waals surface area (Å²) in [5.41, 5.74) is 1.40. The van der Waals surface area contributed by atoms with Gasteiger partial charge in [-0.05, 0) is 71.0 Å². The van der Waals surface area contributed by atoms with Crippen molar-refractivity contribution < 1.29 is 0 Å². The molecule has 0 spiro atoms. The van der Waals surface area contributed by atoms with Crippen molar-refractivity contribution >= 4 is 0 Å². The van der Waals surface area contributed by atoms with E-state index in [1.165, 1.54) is 44.5 Å². The van der Waals surface area contributed by atoms with Gasteiger partial charge in [-0.25, -0.2) is 0 Å². The van der Waals surface area contributed by atoms with Crippen LogP contribution < -0.4 is 5.32 Å². The molecule has 2 rings (SSSR count). The first-order valence-corrected chi connectivity index (χ1v) is 8.36. The summed E-state index contributed by atoms with van der Waals surface area (Å²) in [4.78, 5) is 4.87. The first kappa shape index (κ1) is 16.5. The molecule has 1 atom stereocenters. The van der Waals surface area contributed by atoms with Crippen LogP contribution in [0.3, 0.4) is 0 Å². The Labute approximate surface area is 130 Å². The largest absolute Gasteiger partial charge is 0.316 e. The quantitative estimate of drug-likeness (QED) is 0.742. The monoisotopic (exact) mass is 289 g/mol. The minimum Gasteiger partial charge on any atom is -0.316 e. The van der Waals surface area contributed by atoms with Gasteiger partial charge >= 0.3 is 0 Å². The number of benzene rings is 1. The van der Waals surface area contributed by atoms with Crippen molar-refractivity contribution in [2.24, 2.45) is 5.92 Å². The number of rotatable bonds is 8. The van der Waals surface area contributed by atoms with Crippen LogP contribution in [-0.4, -0.2) is 56.6 Å². The molecule has 1 N–H and O–H groups in total. The number of hydrogen-bond donors (Lipinski definition) is 1. The summed E-state index contributed by atoms with van der Waals surface area (Å²) in [5.74, 6) is 0.853. The standard InChI is InChI=1S/C18H31N3/c1-20-12-6-10-18(16-20)14-19-11-7-13-21(2)15-17-8-4-3-5-9-17/h3-5,8-9,18-19H,6-7,10-16H2,1-2H3. The number of piperidine rings is 1. The van der Waals surface area contributed by atoms with Gasteiger partial charge in [-0.15, -0.1) is 0 Å². The fraction of sp³-hybridized carbons (Fsp3) is 0.667. The van der Waals surface area contributed by atoms with Gasteiger partial charge in [0.15, 0.2) is 0 Å². The molecule has 0 aromatic heterocycles. The van der Waals surface area contributed by atoms with E-state index in [4.69, 9.17) is 0 Å². The van der Waals surface area contributed by atoms with Crippen LogP contribution in [0, 0.1) is 5.92 Å². The summed E-state index contributed by atoms with van der Waals surface area (Å²) in [7, 11) is 4.45. The summed E-state index contributed by atoms with van der Waals surface area (Å²) < 4.78 is 0. The van der Waals surface area contributed by atoms with Crippen molar-refractivity contribution in [1.29, 1.82) is 0 Å². The van der Waals surface area contributed by atoms with E-state index < -0.39 is 0 Å². The van der Waals surface area contributed by atoms with E-state index >= 15 is 0 Å². The zero-order chi connectivity index (χ0) is 14.9. The van der Waals surface area contributed by atoms with Crippen molar-refractivity contribution in [2.75, 3.05) is 46.8 Å². The molecule has 1 heterocycles. The first-order valence-electron chi connectivity index (χ1n) is 8.36. The highest BCUT2D eigenvalue weighted by Crippen LogP contribution is 2.13. The van der Waals surface area contributed by atoms with E-state index in [-0.39, 0.29) is 0 Å². The first-order chi connectivity index (χ1) is 10.2. The van der Waals surface area contributed by atoms with Crippen molar-refractivity contribution in [1.82, 2.24) is 15.1 Å². The highest BCUT2D eigenvalue weighted by atomic mass is 15.1. The fourth-order valence-corrected chi connectivity index (χ4v) is 3.19. The Morgan fingerprint density at radius 2 is 2.10 bits per heavy atom. The Balaban J connectivity index is 1.51. The van der Waals surface area contributed by atoms with Crippen molar-refractivity contribution in [3.8, 4) is 0 Å². The topological polar surface area (TPSA) is 18.5 Å². The average molecular weight is 289 g/mol. The van der Waals surface area contributed by atoms with Crippen LogP contribution in [0.5, 0.6) is 0 Å². The molecule has 21 heavy (non-hydrogen) atoms. The lowest BCUT2D eigenvalue weighted by molar-refractivity contribution is 0.205. The van der Waals surface area contributed by atoms with E-state index in [1.807, 2.05) is 0 Å². The van der Waals surface area contributed by atoms with Gasteiger partial charge in [0, 0.05) is 13.1 Å². The molecule has 0 saturated carbocycles. The van der Waals surface area contributed by atoms with Crippen molar-refractivity contribution in [2.45, 2.75) is 25.8 Å². The van der Waals surface area contributed by atoms with Crippen LogP contribution in [0.4, 0.5) is 0 Å². The highest BCUT2D eigenvalue weighted by Gasteiger charge is 2.16. The molecule has 0 radical (unpaired) electrons. The Kier molecular flexibility index (Phi) is 7.20. The van der Waals surface area contributed by atoms with Crippen LogP contribution in [0.1, 0.15) is 24.8 Å². The summed E-state index contributed by atoms with van der Waals surface area (Å²) >= 11 is 0. The Morgan fingerprint density at radius 3 is 2.86 bits per heavy atom. The average Bonchev–Trinajstić information content (AvgIpc) is 2.48. The zero-order valence-corrected chi connectivity index (χ0v) is 13.7. The van der Waals surface area contributed by atoms with E-state index in [1.54, 1.807) is 0 Å². The smallest absolute Gasteiger partial charge is 0.0230 e. The number of likely N-dealkylation sites (tertiary alicyclic amines) is 1. The Morgan fingerprint density at radius 1 is 1.29 bits per heavy atom. The Bertz CT molecular complexity index is 379. The lowest BCUT2D eigenvalue weighted by atomic mass is 9.98. The second-order valence-corrected chi connectivity index (χ2v) is 6.55. The van der Waals surface area contributed by atoms with Crippen LogP contribution in [0.2, 0.25) is 0 Å². The van der Waals surface area contributed by atoms with Crippen molar-refractivity contribution in [3.05, 3.63) is 35.9 Å². The minimum atomic E-state index is 0.853. The molecule has 0 bridgehead atoms. The van der Waals surface area contributed by atoms with Gasteiger partial charge in [0.1, 0.15) is 0 Å². The Hall–Kier alpha value is -0.900. The molecule has 1 aromatic rings. The summed E-state index contributed by atoms with van der Waals surface area (Å²) in [6.07, 6.45) is 3.99. The lowest BCUT2D eigenvalue weighted by Crippen LogP contribution is -2.37. The molecule has 1 saturated heterocycles. The number of nitrogens with one attached hydrogen (secondary N) is 1. The number of nitrogens with zero attached hydrogens (tertiary/aromatic N) is 2. The van der Waals surface area contributed by atoms with Crippen molar-refractivity contribution in [3.63, 3.8) is 0 Å². The second-order valence-electron chi connectivity index (χ2n) is 6.55. The molecule has 1 aromatic carbocycles. The van der Waals surface area contributed by atoms with Gasteiger partial charge < -0.3 is 15.1 Å². The lowest BCUT2D eigenvalue weighted by Gasteiger charge is -2.29. The fourth-order valence-electron chi connectivity index (χ4n) is 3.19. The molecule has 0 aliphatic carbocycles. The van der Waals surface area contributed by atoms with Gasteiger partial charge in [0.05, 0.1) is 0 Å². The molecule has 0 amide bonds. The molecule has 1 fully saturated rings. The zero-order valence-electron chi connectivity index (χ0n) is 13.7. The molecule has 1 aliphatic heterocycles. The molecule has 3 heteroatoms. The molecule has 1 unspecified atom stereocenters. The summed E-state index contributed by atoms with van der Waals surface area (Å²) in [5, 5.41) is 3.64. The third-order valence-electron chi connectivity index (χ3n) is 4.34. The van der Waals surface area contributed by atoms with Crippen LogP contribution in [0.15, 0.2) is 30.3 Å². The summed E-state index contributed by atoms with van der Waals surface area (Å²) in [6.45, 7) is 7.08. The molecule has 1 aliphatic rings. The SMILES string of the molecule is CN(CCCNCC1CCCN(C)C1)Cc1ccccc1. The van der Waals surface area contributed by atoms with Gasteiger partial charge in [-0.3, -0.25) is 0 Å². The molecule has 3 nitrogen and oxygen atoms in total. The van der Waals surface area contributed by atoms with E-state index in [2.05, 4.69) is 59.5 Å². The normalized spacial score (nSPS) is 20.0. The van der Waals surface area contributed by atoms with E-state index in [0.717, 1.165) is 25.6 Å². The second kappa shape index (κ2) is 9.19. The summed E-state index contributed by atoms with van der Waals surface area (Å²) in [6, 6.07) is 10.7. The maximum Gasteiger partial charge on any atom is 0.0230 e. The third-order valence-corrected chi connectivity index (χ3v) is 4.34. The predicted octanol–water partition coefficient (Wildman–Crippen LogP) is 2.44. The van der Waals surface area contributed by atoms with Gasteiger partial charge in [-0.2, -0.15) is 0 Å². The van der Waals surface area contributed by atoms with Crippen LogP contribution in [0.25, 0.3) is 0 Å². The maximum absolute atomic E-state index is 3.64. The van der Waals surface area contributed by atoms with Crippen LogP contribution >= 0.6 is 0 Å². The maximum atomic E-state index is 3.64. The van der Waals surface area contributed by atoms with Crippen LogP contribution in [-0.2, 0) is 6.54 Å². The van der Waals surface area contributed by atoms with Gasteiger partial charge in [0.2, 0.25) is 0 Å². The van der Waals surface area contributed by atoms with E-state index in [0.29, 0.717) is 0 Å². The highest BCUT2D eigenvalue weighted by molar-refractivity contribution is 5.14. The van der Waals surface area contributed by atoms with Gasteiger partial charge in [0.25, 0.3) is 0 Å². The minimum absolute atomic E-state index is 0.853. The predicted molar refractivity (Wildman–Crippen MR) is 90.5 cm³/mol. The number of hydrogen-bond acceptors (Lipinski definition) is 3. The molecular formula is C18H31N3.